The van der Waals surface area contributed by atoms with Crippen molar-refractivity contribution in [3.63, 3.8) is 0 Å². The fraction of sp³-hybridized carbons (Fsp3) is 0.333. The van der Waals surface area contributed by atoms with Crippen molar-refractivity contribution in [2.45, 2.75) is 32.2 Å². The Labute approximate surface area is 118 Å². The minimum Gasteiger partial charge on any atom is -0.328 e. The van der Waals surface area contributed by atoms with E-state index >= 15 is 0 Å². The lowest BCUT2D eigenvalue weighted by atomic mass is 10.1. The molecule has 106 valence electrons. The molecule has 1 unspecified atom stereocenters. The van der Waals surface area contributed by atoms with Gasteiger partial charge in [0.25, 0.3) is 0 Å². The summed E-state index contributed by atoms with van der Waals surface area (Å²) in [5.74, 6) is 0.0217. The molecule has 0 fully saturated rings. The van der Waals surface area contributed by atoms with Crippen LogP contribution in [0.25, 0.3) is 5.69 Å². The number of nitrogens with two attached hydrogens (primary N) is 1. The first-order valence-electron chi connectivity index (χ1n) is 6.79. The Morgan fingerprint density at radius 3 is 3.05 bits per heavy atom. The number of anilines is 1. The number of amides is 1. The highest BCUT2D eigenvalue weighted by Crippen LogP contribution is 2.15. The van der Waals surface area contributed by atoms with Gasteiger partial charge in [0.05, 0.1) is 6.33 Å². The quantitative estimate of drug-likeness (QED) is 0.847. The predicted octanol–water partition coefficient (Wildman–Crippen LogP) is 2.33. The van der Waals surface area contributed by atoms with E-state index in [9.17, 15) is 4.79 Å². The summed E-state index contributed by atoms with van der Waals surface area (Å²) in [6.45, 7) is 1.95. The number of nitrogens with zero attached hydrogens (tertiary/aromatic N) is 2. The molecule has 2 aromatic rings. The smallest absolute Gasteiger partial charge is 0.224 e. The lowest BCUT2D eigenvalue weighted by Crippen LogP contribution is -2.16. The van der Waals surface area contributed by atoms with Crippen molar-refractivity contribution >= 4 is 11.6 Å². The first-order chi connectivity index (χ1) is 9.65. The van der Waals surface area contributed by atoms with Gasteiger partial charge < -0.3 is 15.6 Å². The van der Waals surface area contributed by atoms with Gasteiger partial charge in [0.1, 0.15) is 0 Å². The highest BCUT2D eigenvalue weighted by Gasteiger charge is 2.04. The second-order valence-corrected chi connectivity index (χ2v) is 4.94. The van der Waals surface area contributed by atoms with Gasteiger partial charge in [0.2, 0.25) is 5.91 Å². The van der Waals surface area contributed by atoms with Gasteiger partial charge >= 0.3 is 0 Å². The van der Waals surface area contributed by atoms with Gasteiger partial charge in [-0.15, -0.1) is 0 Å². The Balaban J connectivity index is 1.93. The van der Waals surface area contributed by atoms with E-state index in [0.29, 0.717) is 6.42 Å². The third-order valence-electron chi connectivity index (χ3n) is 3.00. The molecule has 2 rings (SSSR count). The molecule has 1 amide bonds. The highest BCUT2D eigenvalue weighted by atomic mass is 16.1. The fourth-order valence-corrected chi connectivity index (χ4v) is 1.96. The van der Waals surface area contributed by atoms with Crippen LogP contribution in [0.3, 0.4) is 0 Å². The molecule has 0 bridgehead atoms. The molecule has 0 aliphatic heterocycles. The van der Waals surface area contributed by atoms with Gasteiger partial charge in [0, 0.05) is 36.2 Å². The molecule has 0 radical (unpaired) electrons. The summed E-state index contributed by atoms with van der Waals surface area (Å²) >= 11 is 0. The molecular weight excluding hydrogens is 252 g/mol. The normalized spacial score (nSPS) is 12.1. The van der Waals surface area contributed by atoms with Crippen molar-refractivity contribution in [2.75, 3.05) is 5.32 Å². The van der Waals surface area contributed by atoms with Gasteiger partial charge in [-0.1, -0.05) is 6.07 Å². The number of hydrogen-bond acceptors (Lipinski definition) is 3. The van der Waals surface area contributed by atoms with E-state index in [2.05, 4.69) is 10.3 Å². The van der Waals surface area contributed by atoms with Crippen molar-refractivity contribution in [3.05, 3.63) is 43.0 Å². The van der Waals surface area contributed by atoms with Gasteiger partial charge in [-0.3, -0.25) is 4.79 Å². The first kappa shape index (κ1) is 14.3. The molecule has 3 N–H and O–H groups in total. The third kappa shape index (κ3) is 4.20. The largest absolute Gasteiger partial charge is 0.328 e. The van der Waals surface area contributed by atoms with E-state index < -0.39 is 0 Å². The molecule has 0 saturated carbocycles. The van der Waals surface area contributed by atoms with Gasteiger partial charge in [-0.05, 0) is 38.0 Å². The van der Waals surface area contributed by atoms with Crippen molar-refractivity contribution in [1.82, 2.24) is 9.55 Å². The highest BCUT2D eigenvalue weighted by molar-refractivity contribution is 5.90. The van der Waals surface area contributed by atoms with Crippen LogP contribution in [0.2, 0.25) is 0 Å². The molecule has 20 heavy (non-hydrogen) atoms. The fourth-order valence-electron chi connectivity index (χ4n) is 1.96. The number of imidazole rings is 1. The average molecular weight is 272 g/mol. The minimum absolute atomic E-state index is 0.0217. The summed E-state index contributed by atoms with van der Waals surface area (Å²) in [5.41, 5.74) is 7.43. The van der Waals surface area contributed by atoms with Crippen LogP contribution in [0.4, 0.5) is 5.69 Å². The number of rotatable bonds is 6. The van der Waals surface area contributed by atoms with Crippen LogP contribution in [-0.2, 0) is 4.79 Å². The van der Waals surface area contributed by atoms with Crippen molar-refractivity contribution < 1.29 is 4.79 Å². The van der Waals surface area contributed by atoms with Crippen LogP contribution in [0.1, 0.15) is 26.2 Å². The van der Waals surface area contributed by atoms with E-state index in [4.69, 9.17) is 5.73 Å². The third-order valence-corrected chi connectivity index (χ3v) is 3.00. The van der Waals surface area contributed by atoms with Gasteiger partial charge in [-0.2, -0.15) is 0 Å². The summed E-state index contributed by atoms with van der Waals surface area (Å²) in [6, 6.07) is 7.82. The second kappa shape index (κ2) is 6.86. The van der Waals surface area contributed by atoms with Crippen molar-refractivity contribution in [3.8, 4) is 5.69 Å². The van der Waals surface area contributed by atoms with Crippen LogP contribution in [-0.4, -0.2) is 21.5 Å². The molecule has 0 aliphatic rings. The lowest BCUT2D eigenvalue weighted by molar-refractivity contribution is -0.116. The Hall–Kier alpha value is -2.14. The van der Waals surface area contributed by atoms with Crippen LogP contribution >= 0.6 is 0 Å². The van der Waals surface area contributed by atoms with E-state index in [1.807, 2.05) is 42.0 Å². The van der Waals surface area contributed by atoms with Gasteiger partial charge in [-0.25, -0.2) is 4.98 Å². The number of benzene rings is 1. The number of hydrogen-bond donors (Lipinski definition) is 2. The second-order valence-electron chi connectivity index (χ2n) is 4.94. The minimum atomic E-state index is 0.0217. The summed E-state index contributed by atoms with van der Waals surface area (Å²) in [4.78, 5) is 15.8. The molecular formula is C15H20N4O. The van der Waals surface area contributed by atoms with Crippen LogP contribution in [0.5, 0.6) is 0 Å². The number of carbonyl (C=O) groups is 1. The summed E-state index contributed by atoms with van der Waals surface area (Å²) in [5, 5.41) is 2.90. The number of carbonyl (C=O) groups excluding carboxylic acids is 1. The van der Waals surface area contributed by atoms with Crippen molar-refractivity contribution in [2.24, 2.45) is 5.73 Å². The van der Waals surface area contributed by atoms with E-state index in [-0.39, 0.29) is 11.9 Å². The van der Waals surface area contributed by atoms with Crippen LogP contribution in [0.15, 0.2) is 43.0 Å². The van der Waals surface area contributed by atoms with Crippen LogP contribution < -0.4 is 11.1 Å². The zero-order valence-electron chi connectivity index (χ0n) is 11.6. The van der Waals surface area contributed by atoms with Crippen LogP contribution in [0, 0.1) is 0 Å². The van der Waals surface area contributed by atoms with E-state index in [0.717, 1.165) is 24.2 Å². The maximum Gasteiger partial charge on any atom is 0.224 e. The number of nitrogens with one attached hydrogen (secondary N) is 1. The standard InChI is InChI=1S/C15H20N4O/c1-12(16)4-2-7-15(20)18-13-5-3-6-14(10-13)19-9-8-17-11-19/h3,5-6,8-12H,2,4,7,16H2,1H3,(H,18,20). The molecule has 5 heteroatoms. The SMILES string of the molecule is CC(N)CCCC(=O)Nc1cccc(-n2ccnc2)c1. The lowest BCUT2D eigenvalue weighted by Gasteiger charge is -2.08. The predicted molar refractivity (Wildman–Crippen MR) is 79.7 cm³/mol. The first-order valence-corrected chi connectivity index (χ1v) is 6.79. The molecule has 1 atom stereocenters. The maximum atomic E-state index is 11.8. The molecule has 1 heterocycles. The Kier molecular flexibility index (Phi) is 4.90. The van der Waals surface area contributed by atoms with E-state index in [1.54, 1.807) is 12.5 Å². The summed E-state index contributed by atoms with van der Waals surface area (Å²) in [6.07, 6.45) is 7.48. The molecule has 5 nitrogen and oxygen atoms in total. The van der Waals surface area contributed by atoms with Gasteiger partial charge in [0.15, 0.2) is 0 Å². The monoisotopic (exact) mass is 272 g/mol. The Morgan fingerprint density at radius 2 is 2.35 bits per heavy atom. The molecule has 1 aromatic heterocycles. The molecule has 0 saturated heterocycles. The summed E-state index contributed by atoms with van der Waals surface area (Å²) in [7, 11) is 0. The zero-order chi connectivity index (χ0) is 14.4. The molecule has 1 aromatic carbocycles. The van der Waals surface area contributed by atoms with Crippen molar-refractivity contribution in [1.29, 1.82) is 0 Å². The maximum absolute atomic E-state index is 11.8. The Morgan fingerprint density at radius 1 is 1.50 bits per heavy atom. The average Bonchev–Trinajstić information content (AvgIpc) is 2.92. The topological polar surface area (TPSA) is 72.9 Å². The molecule has 0 spiro atoms. The zero-order valence-corrected chi connectivity index (χ0v) is 11.6. The summed E-state index contributed by atoms with van der Waals surface area (Å²) < 4.78 is 1.89. The molecule has 0 aliphatic carbocycles. The van der Waals surface area contributed by atoms with E-state index in [1.165, 1.54) is 0 Å². The number of aromatic nitrogens is 2. The Bertz CT molecular complexity index is 549.